The van der Waals surface area contributed by atoms with Crippen LogP contribution in [-0.2, 0) is 0 Å². The predicted molar refractivity (Wildman–Crippen MR) is 126 cm³/mol. The molecule has 2 aromatic carbocycles. The van der Waals surface area contributed by atoms with Gasteiger partial charge in [-0.2, -0.15) is 5.10 Å². The average Bonchev–Trinajstić information content (AvgIpc) is 3.14. The fourth-order valence-electron chi connectivity index (χ4n) is 6.89. The molecular formula is C28H29F2N3O. The number of nitrogens with zero attached hydrogens (tertiary/aromatic N) is 2. The summed E-state index contributed by atoms with van der Waals surface area (Å²) in [5.41, 5.74) is 3.64. The van der Waals surface area contributed by atoms with Gasteiger partial charge in [-0.3, -0.25) is 4.79 Å². The lowest BCUT2D eigenvalue weighted by Gasteiger charge is -2.38. The van der Waals surface area contributed by atoms with Crippen molar-refractivity contribution >= 4 is 5.91 Å². The van der Waals surface area contributed by atoms with E-state index in [2.05, 4.69) is 5.32 Å². The molecule has 34 heavy (non-hydrogen) atoms. The molecule has 0 aliphatic heterocycles. The SMILES string of the molecule is CCC(NC(=O)c1nn(-c2ccc(F)cc2F)c2c1C1CC3CC2C[C@@H](C3)C1)c1ccccc1. The lowest BCUT2D eigenvalue weighted by atomic mass is 9.67. The molecule has 4 nitrogen and oxygen atoms in total. The number of amides is 1. The van der Waals surface area contributed by atoms with Crippen LogP contribution >= 0.6 is 0 Å². The number of nitrogens with one attached hydrogen (secondary N) is 1. The van der Waals surface area contributed by atoms with E-state index in [1.165, 1.54) is 18.6 Å². The maximum atomic E-state index is 14.9. The minimum absolute atomic E-state index is 0.129. The fourth-order valence-corrected chi connectivity index (χ4v) is 6.89. The van der Waals surface area contributed by atoms with E-state index in [9.17, 15) is 13.6 Å². The van der Waals surface area contributed by atoms with Crippen molar-refractivity contribution in [2.45, 2.75) is 63.3 Å². The Labute approximate surface area is 198 Å². The highest BCUT2D eigenvalue weighted by Crippen LogP contribution is 2.57. The van der Waals surface area contributed by atoms with Crippen molar-refractivity contribution in [2.75, 3.05) is 0 Å². The zero-order valence-corrected chi connectivity index (χ0v) is 19.3. The molecule has 4 aliphatic carbocycles. The average molecular weight is 462 g/mol. The molecule has 1 amide bonds. The Morgan fingerprint density at radius 1 is 1.03 bits per heavy atom. The Hall–Kier alpha value is -3.02. The van der Waals surface area contributed by atoms with Gasteiger partial charge >= 0.3 is 0 Å². The van der Waals surface area contributed by atoms with Gasteiger partial charge in [0.1, 0.15) is 11.5 Å². The summed E-state index contributed by atoms with van der Waals surface area (Å²) in [6, 6.07) is 13.4. The van der Waals surface area contributed by atoms with E-state index in [1.807, 2.05) is 37.3 Å². The molecule has 6 heteroatoms. The first-order valence-electron chi connectivity index (χ1n) is 12.5. The fraction of sp³-hybridized carbons (Fsp3) is 0.429. The van der Waals surface area contributed by atoms with Crippen molar-refractivity contribution in [1.82, 2.24) is 15.1 Å². The highest BCUT2D eigenvalue weighted by atomic mass is 19.1. The van der Waals surface area contributed by atoms with Gasteiger partial charge in [-0.05, 0) is 74.0 Å². The minimum atomic E-state index is -0.656. The topological polar surface area (TPSA) is 46.9 Å². The summed E-state index contributed by atoms with van der Waals surface area (Å²) in [7, 11) is 0. The lowest BCUT2D eigenvalue weighted by molar-refractivity contribution is 0.0926. The maximum absolute atomic E-state index is 14.9. The largest absolute Gasteiger partial charge is 0.344 e. The Morgan fingerprint density at radius 2 is 1.74 bits per heavy atom. The molecule has 1 heterocycles. The molecule has 1 N–H and O–H groups in total. The molecule has 4 unspecified atom stereocenters. The van der Waals surface area contributed by atoms with Crippen LogP contribution in [0, 0.1) is 23.5 Å². The molecule has 2 saturated carbocycles. The monoisotopic (exact) mass is 461 g/mol. The number of hydrogen-bond donors (Lipinski definition) is 1. The third-order valence-electron chi connectivity index (χ3n) is 8.16. The number of aromatic nitrogens is 2. The first kappa shape index (κ1) is 21.5. The first-order valence-corrected chi connectivity index (χ1v) is 12.5. The smallest absolute Gasteiger partial charge is 0.272 e. The summed E-state index contributed by atoms with van der Waals surface area (Å²) < 4.78 is 30.2. The number of benzene rings is 2. The van der Waals surface area contributed by atoms with E-state index in [1.54, 1.807) is 4.68 Å². The summed E-state index contributed by atoms with van der Waals surface area (Å²) in [5, 5.41) is 7.93. The van der Waals surface area contributed by atoms with Crippen molar-refractivity contribution in [3.05, 3.63) is 82.7 Å². The predicted octanol–water partition coefficient (Wildman–Crippen LogP) is 6.42. The molecule has 5 atom stereocenters. The Balaban J connectivity index is 1.46. The first-order chi connectivity index (χ1) is 16.5. The standard InChI is InChI=1S/C28H29F2N3O/c1-2-23(18-6-4-3-5-7-18)31-28(34)26-25-19-11-16-10-17(12-19)14-20(13-16)27(25)33(32-26)24-9-8-21(29)15-22(24)30/h3-9,15-17,19-20,23H,2,10-14H2,1H3,(H,31,34)/t16-,17?,19?,20?,23?/m0/s1. The van der Waals surface area contributed by atoms with Crippen molar-refractivity contribution < 1.29 is 13.6 Å². The van der Waals surface area contributed by atoms with Crippen LogP contribution in [0.25, 0.3) is 5.69 Å². The molecule has 4 bridgehead atoms. The number of hydrogen-bond acceptors (Lipinski definition) is 2. The lowest BCUT2D eigenvalue weighted by Crippen LogP contribution is -2.30. The summed E-state index contributed by atoms with van der Waals surface area (Å²) in [6.45, 7) is 2.05. The molecular weight excluding hydrogens is 432 g/mol. The summed E-state index contributed by atoms with van der Waals surface area (Å²) >= 11 is 0. The molecule has 2 fully saturated rings. The minimum Gasteiger partial charge on any atom is -0.344 e. The number of carbonyl (C=O) groups excluding carboxylic acids is 1. The molecule has 0 saturated heterocycles. The van der Waals surface area contributed by atoms with Crippen LogP contribution in [0.5, 0.6) is 0 Å². The van der Waals surface area contributed by atoms with Gasteiger partial charge in [0.05, 0.1) is 11.7 Å². The zero-order valence-electron chi connectivity index (χ0n) is 19.3. The Kier molecular flexibility index (Phi) is 5.27. The van der Waals surface area contributed by atoms with E-state index < -0.39 is 11.6 Å². The van der Waals surface area contributed by atoms with Crippen LogP contribution in [-0.4, -0.2) is 15.7 Å². The summed E-state index contributed by atoms with van der Waals surface area (Å²) in [5.74, 6) is 0.314. The van der Waals surface area contributed by atoms with Gasteiger partial charge in [-0.1, -0.05) is 37.3 Å². The molecule has 1 aromatic heterocycles. The third-order valence-corrected chi connectivity index (χ3v) is 8.16. The second-order valence-electron chi connectivity index (χ2n) is 10.3. The van der Waals surface area contributed by atoms with E-state index in [4.69, 9.17) is 5.10 Å². The number of rotatable bonds is 5. The van der Waals surface area contributed by atoms with Gasteiger partial charge in [0, 0.05) is 17.5 Å². The van der Waals surface area contributed by atoms with Crippen LogP contribution in [0.1, 0.15) is 90.6 Å². The van der Waals surface area contributed by atoms with E-state index >= 15 is 0 Å². The molecule has 0 spiro atoms. The van der Waals surface area contributed by atoms with Crippen molar-refractivity contribution in [1.29, 1.82) is 0 Å². The number of carbonyl (C=O) groups is 1. The zero-order chi connectivity index (χ0) is 23.4. The molecule has 7 rings (SSSR count). The van der Waals surface area contributed by atoms with E-state index in [-0.39, 0.29) is 29.5 Å². The maximum Gasteiger partial charge on any atom is 0.272 e. The van der Waals surface area contributed by atoms with Crippen LogP contribution in [0.4, 0.5) is 8.78 Å². The van der Waals surface area contributed by atoms with Crippen molar-refractivity contribution in [2.24, 2.45) is 11.8 Å². The van der Waals surface area contributed by atoms with Gasteiger partial charge in [0.15, 0.2) is 11.5 Å². The van der Waals surface area contributed by atoms with Crippen LogP contribution < -0.4 is 5.32 Å². The quantitative estimate of drug-likeness (QED) is 0.476. The van der Waals surface area contributed by atoms with Crippen LogP contribution in [0.15, 0.2) is 48.5 Å². The normalized spacial score (nSPS) is 25.6. The van der Waals surface area contributed by atoms with Gasteiger partial charge in [0.2, 0.25) is 0 Å². The Bertz CT molecular complexity index is 1220. The highest BCUT2D eigenvalue weighted by molar-refractivity contribution is 5.94. The van der Waals surface area contributed by atoms with Gasteiger partial charge in [-0.25, -0.2) is 13.5 Å². The van der Waals surface area contributed by atoms with Crippen LogP contribution in [0.3, 0.4) is 0 Å². The number of halogens is 2. The Morgan fingerprint density at radius 3 is 2.41 bits per heavy atom. The summed E-state index contributed by atoms with van der Waals surface area (Å²) in [4.78, 5) is 13.7. The molecule has 4 aliphatic rings. The second kappa shape index (κ2) is 8.33. The van der Waals surface area contributed by atoms with Crippen molar-refractivity contribution in [3.8, 4) is 5.69 Å². The van der Waals surface area contributed by atoms with Gasteiger partial charge in [-0.15, -0.1) is 0 Å². The third kappa shape index (κ3) is 3.55. The van der Waals surface area contributed by atoms with E-state index in [0.717, 1.165) is 55.0 Å². The molecule has 0 radical (unpaired) electrons. The molecule has 176 valence electrons. The van der Waals surface area contributed by atoms with Gasteiger partial charge < -0.3 is 5.32 Å². The van der Waals surface area contributed by atoms with Gasteiger partial charge in [0.25, 0.3) is 5.91 Å². The summed E-state index contributed by atoms with van der Waals surface area (Å²) in [6.07, 6.45) is 6.24. The van der Waals surface area contributed by atoms with Crippen molar-refractivity contribution in [3.63, 3.8) is 0 Å². The second-order valence-corrected chi connectivity index (χ2v) is 10.3. The molecule has 3 aromatic rings. The highest BCUT2D eigenvalue weighted by Gasteiger charge is 2.46. The van der Waals surface area contributed by atoms with Crippen LogP contribution in [0.2, 0.25) is 0 Å². The van der Waals surface area contributed by atoms with E-state index in [0.29, 0.717) is 17.5 Å².